The summed E-state index contributed by atoms with van der Waals surface area (Å²) in [6.07, 6.45) is 1.06. The fourth-order valence-corrected chi connectivity index (χ4v) is 4.97. The molecule has 6 nitrogen and oxygen atoms in total. The Morgan fingerprint density at radius 3 is 2.52 bits per heavy atom. The van der Waals surface area contributed by atoms with Gasteiger partial charge in [0, 0.05) is 38.9 Å². The first-order chi connectivity index (χ1) is 10.0. The third kappa shape index (κ3) is 3.60. The Kier molecular flexibility index (Phi) is 4.26. The summed E-state index contributed by atoms with van der Waals surface area (Å²) < 4.78 is 23.2. The summed E-state index contributed by atoms with van der Waals surface area (Å²) in [5.41, 5.74) is 1.05. The highest BCUT2D eigenvalue weighted by atomic mass is 32.2. The maximum atomic E-state index is 11.6. The van der Waals surface area contributed by atoms with Gasteiger partial charge in [-0.1, -0.05) is 6.07 Å². The Balaban J connectivity index is 1.54. The first-order valence-electron chi connectivity index (χ1n) is 7.28. The van der Waals surface area contributed by atoms with E-state index in [0.29, 0.717) is 0 Å². The number of pyridine rings is 1. The van der Waals surface area contributed by atoms with E-state index >= 15 is 0 Å². The van der Waals surface area contributed by atoms with Crippen LogP contribution in [0.3, 0.4) is 0 Å². The van der Waals surface area contributed by atoms with E-state index < -0.39 is 15.9 Å². The summed E-state index contributed by atoms with van der Waals surface area (Å²) >= 11 is 0. The quantitative estimate of drug-likeness (QED) is 0.800. The van der Waals surface area contributed by atoms with Crippen LogP contribution in [0.2, 0.25) is 0 Å². The highest BCUT2D eigenvalue weighted by Gasteiger charge is 2.40. The number of hydrogen-bond donors (Lipinski definition) is 1. The Hall–Kier alpha value is -1.02. The van der Waals surface area contributed by atoms with Crippen LogP contribution in [-0.2, 0) is 16.4 Å². The van der Waals surface area contributed by atoms with Crippen LogP contribution < -0.4 is 0 Å². The lowest BCUT2D eigenvalue weighted by Crippen LogP contribution is -2.53. The van der Waals surface area contributed by atoms with Gasteiger partial charge in [-0.15, -0.1) is 0 Å². The van der Waals surface area contributed by atoms with Crippen LogP contribution in [0.5, 0.6) is 0 Å². The zero-order valence-corrected chi connectivity index (χ0v) is 12.7. The minimum Gasteiger partial charge on any atom is -0.390 e. The second kappa shape index (κ2) is 6.00. The number of rotatable bonds is 3. The number of aromatic nitrogens is 1. The minimum absolute atomic E-state index is 0.0915. The first kappa shape index (κ1) is 14.9. The van der Waals surface area contributed by atoms with E-state index in [-0.39, 0.29) is 17.5 Å². The standard InChI is InChI=1S/C14H21N3O3S/c18-14-11-21(19,20)10-13(14)17-7-5-16(6-8-17)9-12-3-1-2-4-15-12/h1-4,13-14,18H,5-11H2/t13-,14-/m1/s1. The highest BCUT2D eigenvalue weighted by Crippen LogP contribution is 2.20. The third-order valence-corrected chi connectivity index (χ3v) is 5.98. The van der Waals surface area contributed by atoms with E-state index in [4.69, 9.17) is 0 Å². The van der Waals surface area contributed by atoms with Crippen LogP contribution in [0.4, 0.5) is 0 Å². The molecule has 2 aliphatic rings. The topological polar surface area (TPSA) is 73.7 Å². The lowest BCUT2D eigenvalue weighted by atomic mass is 10.1. The van der Waals surface area contributed by atoms with Crippen LogP contribution >= 0.6 is 0 Å². The van der Waals surface area contributed by atoms with Crippen molar-refractivity contribution in [3.8, 4) is 0 Å². The van der Waals surface area contributed by atoms with Gasteiger partial charge in [0.2, 0.25) is 0 Å². The van der Waals surface area contributed by atoms with E-state index in [0.717, 1.165) is 38.4 Å². The summed E-state index contributed by atoms with van der Waals surface area (Å²) in [7, 11) is -3.07. The summed E-state index contributed by atoms with van der Waals surface area (Å²) in [6.45, 7) is 4.16. The average Bonchev–Trinajstić information content (AvgIpc) is 2.74. The van der Waals surface area contributed by atoms with Crippen molar-refractivity contribution in [2.75, 3.05) is 37.7 Å². The fourth-order valence-electron chi connectivity index (χ4n) is 3.13. The molecule has 21 heavy (non-hydrogen) atoms. The molecular weight excluding hydrogens is 290 g/mol. The first-order valence-corrected chi connectivity index (χ1v) is 9.10. The average molecular weight is 311 g/mol. The lowest BCUT2D eigenvalue weighted by molar-refractivity contribution is 0.0421. The third-order valence-electron chi connectivity index (χ3n) is 4.28. The summed E-state index contributed by atoms with van der Waals surface area (Å²) in [4.78, 5) is 8.76. The molecule has 3 heterocycles. The summed E-state index contributed by atoms with van der Waals surface area (Å²) in [5, 5.41) is 9.93. The number of aliphatic hydroxyl groups excluding tert-OH is 1. The zero-order valence-electron chi connectivity index (χ0n) is 11.9. The molecule has 1 aromatic heterocycles. The van der Waals surface area contributed by atoms with Crippen molar-refractivity contribution in [1.29, 1.82) is 0 Å². The van der Waals surface area contributed by atoms with Gasteiger partial charge in [0.25, 0.3) is 0 Å². The van der Waals surface area contributed by atoms with Crippen LogP contribution in [0, 0.1) is 0 Å². The number of hydrogen-bond acceptors (Lipinski definition) is 6. The molecule has 116 valence electrons. The van der Waals surface area contributed by atoms with Crippen molar-refractivity contribution in [2.24, 2.45) is 0 Å². The maximum absolute atomic E-state index is 11.6. The monoisotopic (exact) mass is 311 g/mol. The summed E-state index contributed by atoms with van der Waals surface area (Å²) in [5.74, 6) is 0.000222. The normalized spacial score (nSPS) is 30.5. The Morgan fingerprint density at radius 2 is 1.95 bits per heavy atom. The molecule has 2 fully saturated rings. The highest BCUT2D eigenvalue weighted by molar-refractivity contribution is 7.91. The summed E-state index contributed by atoms with van der Waals surface area (Å²) in [6, 6.07) is 5.67. The smallest absolute Gasteiger partial charge is 0.154 e. The number of sulfone groups is 1. The molecule has 0 saturated carbocycles. The van der Waals surface area contributed by atoms with Crippen LogP contribution in [-0.4, -0.2) is 78.1 Å². The molecule has 2 aliphatic heterocycles. The SMILES string of the molecule is O=S1(=O)C[C@@H](O)[C@H](N2CCN(Cc3ccccn3)CC2)C1. The van der Waals surface area contributed by atoms with Crippen molar-refractivity contribution in [3.63, 3.8) is 0 Å². The minimum atomic E-state index is -3.07. The van der Waals surface area contributed by atoms with Gasteiger partial charge in [-0.2, -0.15) is 0 Å². The van der Waals surface area contributed by atoms with Gasteiger partial charge < -0.3 is 5.11 Å². The molecule has 0 amide bonds. The molecule has 1 aromatic rings. The molecule has 0 aromatic carbocycles. The lowest BCUT2D eigenvalue weighted by Gasteiger charge is -2.38. The Morgan fingerprint density at radius 1 is 1.19 bits per heavy atom. The van der Waals surface area contributed by atoms with E-state index in [2.05, 4.69) is 14.8 Å². The Bertz CT molecular complexity index is 570. The van der Waals surface area contributed by atoms with Crippen LogP contribution in [0.25, 0.3) is 0 Å². The van der Waals surface area contributed by atoms with E-state index in [1.165, 1.54) is 0 Å². The number of nitrogens with zero attached hydrogens (tertiary/aromatic N) is 3. The van der Waals surface area contributed by atoms with Crippen molar-refractivity contribution < 1.29 is 13.5 Å². The van der Waals surface area contributed by atoms with Gasteiger partial charge >= 0.3 is 0 Å². The molecule has 7 heteroatoms. The van der Waals surface area contributed by atoms with Gasteiger partial charge in [0.05, 0.1) is 29.3 Å². The molecule has 0 aliphatic carbocycles. The van der Waals surface area contributed by atoms with Crippen molar-refractivity contribution in [3.05, 3.63) is 30.1 Å². The number of piperazine rings is 1. The molecule has 2 saturated heterocycles. The molecule has 0 bridgehead atoms. The van der Waals surface area contributed by atoms with Gasteiger partial charge in [0.15, 0.2) is 9.84 Å². The van der Waals surface area contributed by atoms with E-state index in [1.807, 2.05) is 18.2 Å². The van der Waals surface area contributed by atoms with Crippen molar-refractivity contribution in [2.45, 2.75) is 18.7 Å². The fraction of sp³-hybridized carbons (Fsp3) is 0.643. The molecule has 0 unspecified atom stereocenters. The molecule has 0 spiro atoms. The number of aliphatic hydroxyl groups is 1. The van der Waals surface area contributed by atoms with Gasteiger partial charge in [-0.3, -0.25) is 14.8 Å². The van der Waals surface area contributed by atoms with E-state index in [9.17, 15) is 13.5 Å². The van der Waals surface area contributed by atoms with Crippen molar-refractivity contribution in [1.82, 2.24) is 14.8 Å². The molecular formula is C14H21N3O3S. The molecule has 0 radical (unpaired) electrons. The second-order valence-corrected chi connectivity index (χ2v) is 8.00. The van der Waals surface area contributed by atoms with Crippen molar-refractivity contribution >= 4 is 9.84 Å². The predicted molar refractivity (Wildman–Crippen MR) is 79.5 cm³/mol. The molecule has 2 atom stereocenters. The van der Waals surface area contributed by atoms with Crippen LogP contribution in [0.1, 0.15) is 5.69 Å². The van der Waals surface area contributed by atoms with E-state index in [1.54, 1.807) is 6.20 Å². The van der Waals surface area contributed by atoms with Gasteiger partial charge in [-0.25, -0.2) is 8.42 Å². The zero-order chi connectivity index (χ0) is 14.9. The Labute approximate surface area is 125 Å². The molecule has 1 N–H and O–H groups in total. The van der Waals surface area contributed by atoms with Crippen LogP contribution in [0.15, 0.2) is 24.4 Å². The van der Waals surface area contributed by atoms with Gasteiger partial charge in [-0.05, 0) is 12.1 Å². The predicted octanol–water partition coefficient (Wildman–Crippen LogP) is -0.643. The van der Waals surface area contributed by atoms with Gasteiger partial charge in [0.1, 0.15) is 0 Å². The molecule has 3 rings (SSSR count). The largest absolute Gasteiger partial charge is 0.390 e. The maximum Gasteiger partial charge on any atom is 0.154 e. The second-order valence-electron chi connectivity index (χ2n) is 5.84.